The molecule has 0 fully saturated rings. The standard InChI is InChI=1S/C13H16N2O2.C5H13NO.ClH/c1-2-5-9(14)8-15-12(16)10-6-3-4-7-11(10)13(15)17;1-2-3-5(6)4-7;/h3-4,6-7,9H,2,5,8,14H2,1H3;5,7H,2-4,6H2,1H3;1H. The van der Waals surface area contributed by atoms with Crippen LogP contribution in [0.5, 0.6) is 0 Å². The van der Waals surface area contributed by atoms with Gasteiger partial charge in [0.05, 0.1) is 17.7 Å². The Kier molecular flexibility index (Phi) is 11.3. The Labute approximate surface area is 156 Å². The van der Waals surface area contributed by atoms with Crippen LogP contribution in [0.2, 0.25) is 0 Å². The molecule has 2 amide bonds. The second-order valence-electron chi connectivity index (χ2n) is 6.05. The van der Waals surface area contributed by atoms with Crippen molar-refractivity contribution in [2.45, 2.75) is 51.6 Å². The summed E-state index contributed by atoms with van der Waals surface area (Å²) in [5.74, 6) is -0.450. The fraction of sp³-hybridized carbons (Fsp3) is 0.556. The van der Waals surface area contributed by atoms with E-state index in [0.29, 0.717) is 17.7 Å². The van der Waals surface area contributed by atoms with Gasteiger partial charge in [0.1, 0.15) is 0 Å². The summed E-state index contributed by atoms with van der Waals surface area (Å²) in [5, 5.41) is 8.34. The first kappa shape index (κ1) is 23.5. The number of nitrogens with zero attached hydrogens (tertiary/aromatic N) is 1. The van der Waals surface area contributed by atoms with E-state index in [9.17, 15) is 9.59 Å². The van der Waals surface area contributed by atoms with Crippen molar-refractivity contribution in [3.63, 3.8) is 0 Å². The molecule has 1 aliphatic heterocycles. The smallest absolute Gasteiger partial charge is 0.261 e. The maximum atomic E-state index is 12.0. The molecule has 0 bridgehead atoms. The lowest BCUT2D eigenvalue weighted by Crippen LogP contribution is -2.40. The average molecular weight is 372 g/mol. The highest BCUT2D eigenvalue weighted by molar-refractivity contribution is 6.21. The molecule has 5 N–H and O–H groups in total. The van der Waals surface area contributed by atoms with Crippen LogP contribution in [0.4, 0.5) is 0 Å². The number of benzene rings is 1. The third kappa shape index (κ3) is 6.74. The minimum absolute atomic E-state index is 0. The van der Waals surface area contributed by atoms with Crippen molar-refractivity contribution in [1.82, 2.24) is 4.90 Å². The van der Waals surface area contributed by atoms with E-state index < -0.39 is 0 Å². The third-order valence-electron chi connectivity index (χ3n) is 3.85. The average Bonchev–Trinajstić information content (AvgIpc) is 2.81. The molecule has 25 heavy (non-hydrogen) atoms. The summed E-state index contributed by atoms with van der Waals surface area (Å²) in [6.07, 6.45) is 3.75. The molecule has 7 heteroatoms. The number of amides is 2. The Bertz CT molecular complexity index is 519. The maximum Gasteiger partial charge on any atom is 0.261 e. The van der Waals surface area contributed by atoms with Gasteiger partial charge >= 0.3 is 0 Å². The van der Waals surface area contributed by atoms with Gasteiger partial charge in [-0.25, -0.2) is 0 Å². The maximum absolute atomic E-state index is 12.0. The van der Waals surface area contributed by atoms with Crippen LogP contribution in [0, 0.1) is 0 Å². The van der Waals surface area contributed by atoms with Gasteiger partial charge < -0.3 is 16.6 Å². The van der Waals surface area contributed by atoms with Crippen LogP contribution in [0.3, 0.4) is 0 Å². The monoisotopic (exact) mass is 371 g/mol. The topological polar surface area (TPSA) is 110 Å². The lowest BCUT2D eigenvalue weighted by molar-refractivity contribution is 0.0643. The van der Waals surface area contributed by atoms with Crippen molar-refractivity contribution in [3.05, 3.63) is 35.4 Å². The second kappa shape index (κ2) is 12.0. The van der Waals surface area contributed by atoms with Crippen LogP contribution >= 0.6 is 12.4 Å². The van der Waals surface area contributed by atoms with Crippen LogP contribution in [0.15, 0.2) is 24.3 Å². The van der Waals surface area contributed by atoms with E-state index in [1.807, 2.05) is 6.92 Å². The Balaban J connectivity index is 0.000000620. The number of hydrogen-bond acceptors (Lipinski definition) is 5. The van der Waals surface area contributed by atoms with Gasteiger partial charge in [-0.1, -0.05) is 38.8 Å². The summed E-state index contributed by atoms with van der Waals surface area (Å²) in [6, 6.07) is 6.76. The number of hydrogen-bond donors (Lipinski definition) is 3. The highest BCUT2D eigenvalue weighted by Gasteiger charge is 2.35. The van der Waals surface area contributed by atoms with E-state index in [1.54, 1.807) is 24.3 Å². The number of carbonyl (C=O) groups excluding carboxylic acids is 2. The van der Waals surface area contributed by atoms with Gasteiger partial charge in [-0.05, 0) is 25.0 Å². The van der Waals surface area contributed by atoms with E-state index in [0.717, 1.165) is 25.7 Å². The van der Waals surface area contributed by atoms with Gasteiger partial charge in [0.25, 0.3) is 11.8 Å². The largest absolute Gasteiger partial charge is 0.395 e. The first-order valence-electron chi connectivity index (χ1n) is 8.53. The number of halogens is 1. The van der Waals surface area contributed by atoms with Crippen molar-refractivity contribution in [2.24, 2.45) is 11.5 Å². The van der Waals surface area contributed by atoms with Crippen LogP contribution in [0.25, 0.3) is 0 Å². The fourth-order valence-electron chi connectivity index (χ4n) is 2.56. The van der Waals surface area contributed by atoms with Gasteiger partial charge in [-0.2, -0.15) is 0 Å². The van der Waals surface area contributed by atoms with Crippen LogP contribution in [-0.2, 0) is 0 Å². The Morgan fingerprint density at radius 1 is 0.960 bits per heavy atom. The van der Waals surface area contributed by atoms with Crippen LogP contribution in [-0.4, -0.2) is 47.1 Å². The summed E-state index contributed by atoms with van der Waals surface area (Å²) in [7, 11) is 0. The summed E-state index contributed by atoms with van der Waals surface area (Å²) in [6.45, 7) is 4.51. The zero-order valence-electron chi connectivity index (χ0n) is 15.0. The SMILES string of the molecule is CCCC(N)CN1C(=O)c2ccccc2C1=O.CCCC(N)CO.Cl. The van der Waals surface area contributed by atoms with Crippen LogP contribution in [0.1, 0.15) is 60.2 Å². The zero-order chi connectivity index (χ0) is 18.1. The fourth-order valence-corrected chi connectivity index (χ4v) is 2.56. The van der Waals surface area contributed by atoms with Gasteiger partial charge in [-0.3, -0.25) is 14.5 Å². The van der Waals surface area contributed by atoms with Crippen molar-refractivity contribution < 1.29 is 14.7 Å². The molecule has 1 aromatic rings. The number of aliphatic hydroxyl groups is 1. The normalized spacial score (nSPS) is 15.0. The molecule has 0 radical (unpaired) electrons. The number of carbonyl (C=O) groups is 2. The van der Waals surface area contributed by atoms with E-state index in [4.69, 9.17) is 16.6 Å². The van der Waals surface area contributed by atoms with Gasteiger partial charge in [0.15, 0.2) is 0 Å². The number of fused-ring (bicyclic) bond motifs is 1. The second-order valence-corrected chi connectivity index (χ2v) is 6.05. The molecule has 0 aliphatic carbocycles. The molecule has 2 unspecified atom stereocenters. The van der Waals surface area contributed by atoms with E-state index in [2.05, 4.69) is 6.92 Å². The Morgan fingerprint density at radius 3 is 1.76 bits per heavy atom. The molecule has 0 saturated heterocycles. The van der Waals surface area contributed by atoms with E-state index in [-0.39, 0.29) is 42.9 Å². The molecular formula is C18H30ClN3O3. The van der Waals surface area contributed by atoms with E-state index in [1.165, 1.54) is 4.90 Å². The minimum atomic E-state index is -0.225. The highest BCUT2D eigenvalue weighted by Crippen LogP contribution is 2.22. The third-order valence-corrected chi connectivity index (χ3v) is 3.85. The van der Waals surface area contributed by atoms with E-state index >= 15 is 0 Å². The molecule has 6 nitrogen and oxygen atoms in total. The molecule has 2 atom stereocenters. The molecule has 0 aromatic heterocycles. The number of nitrogens with two attached hydrogens (primary N) is 2. The van der Waals surface area contributed by atoms with Crippen molar-refractivity contribution in [2.75, 3.05) is 13.2 Å². The number of imide groups is 1. The molecule has 0 saturated carbocycles. The summed E-state index contributed by atoms with van der Waals surface area (Å²) in [5.41, 5.74) is 12.2. The quantitative estimate of drug-likeness (QED) is 0.634. The first-order chi connectivity index (χ1) is 11.5. The summed E-state index contributed by atoms with van der Waals surface area (Å²) >= 11 is 0. The number of aliphatic hydroxyl groups excluding tert-OH is 1. The minimum Gasteiger partial charge on any atom is -0.395 e. The summed E-state index contributed by atoms with van der Waals surface area (Å²) in [4.78, 5) is 25.2. The van der Waals surface area contributed by atoms with Gasteiger partial charge in [-0.15, -0.1) is 12.4 Å². The summed E-state index contributed by atoms with van der Waals surface area (Å²) < 4.78 is 0. The predicted molar refractivity (Wildman–Crippen MR) is 102 cm³/mol. The van der Waals surface area contributed by atoms with Crippen molar-refractivity contribution in [3.8, 4) is 0 Å². The molecule has 1 heterocycles. The lowest BCUT2D eigenvalue weighted by Gasteiger charge is -2.18. The first-order valence-corrected chi connectivity index (χ1v) is 8.53. The van der Waals surface area contributed by atoms with Crippen molar-refractivity contribution in [1.29, 1.82) is 0 Å². The molecule has 142 valence electrons. The lowest BCUT2D eigenvalue weighted by atomic mass is 10.1. The Hall–Kier alpha value is -1.47. The highest BCUT2D eigenvalue weighted by atomic mass is 35.5. The molecule has 1 aliphatic rings. The van der Waals surface area contributed by atoms with Crippen molar-refractivity contribution >= 4 is 24.2 Å². The predicted octanol–water partition coefficient (Wildman–Crippen LogP) is 1.94. The van der Waals surface area contributed by atoms with Gasteiger partial charge in [0, 0.05) is 18.6 Å². The molecular weight excluding hydrogens is 342 g/mol. The molecule has 0 spiro atoms. The van der Waals surface area contributed by atoms with Crippen LogP contribution < -0.4 is 11.5 Å². The molecule has 2 rings (SSSR count). The van der Waals surface area contributed by atoms with Gasteiger partial charge in [0.2, 0.25) is 0 Å². The zero-order valence-corrected chi connectivity index (χ0v) is 15.8. The Morgan fingerprint density at radius 2 is 1.40 bits per heavy atom. The molecule has 1 aromatic carbocycles. The number of rotatable bonds is 7.